The monoisotopic (exact) mass is 276 g/mol. The number of carbonyl (C=O) groups is 1. The molecule has 0 aromatic heterocycles. The summed E-state index contributed by atoms with van der Waals surface area (Å²) in [4.78, 5) is 10.2. The Bertz CT molecular complexity index is 528. The van der Waals surface area contributed by atoms with E-state index >= 15 is 0 Å². The molecule has 1 aromatic carbocycles. The van der Waals surface area contributed by atoms with Crippen molar-refractivity contribution in [3.63, 3.8) is 0 Å². The van der Waals surface area contributed by atoms with E-state index in [1.807, 2.05) is 12.1 Å². The third-order valence-corrected chi connectivity index (χ3v) is 3.10. The molecule has 19 heavy (non-hydrogen) atoms. The molecule has 0 aliphatic carbocycles. The molecule has 0 spiro atoms. The highest BCUT2D eigenvalue weighted by atomic mass is 35.5. The lowest BCUT2D eigenvalue weighted by atomic mass is 9.95. The van der Waals surface area contributed by atoms with Crippen molar-refractivity contribution in [2.75, 3.05) is 7.11 Å². The van der Waals surface area contributed by atoms with Crippen LogP contribution in [0.3, 0.4) is 0 Å². The number of esters is 1. The molecule has 0 amide bonds. The number of benzene rings is 1. The standard InChI is InChI=1S/C14H13ClN2O2/c1-19-13(18)12-5-3-11(4-6-12)9-14(15,10-17)7-2-8-16/h3-6H,2,7,9H2,1H3. The largest absolute Gasteiger partial charge is 0.465 e. The molecule has 0 N–H and O–H groups in total. The van der Waals surface area contributed by atoms with Gasteiger partial charge >= 0.3 is 5.97 Å². The number of ether oxygens (including phenoxy) is 1. The summed E-state index contributed by atoms with van der Waals surface area (Å²) in [5, 5.41) is 17.6. The summed E-state index contributed by atoms with van der Waals surface area (Å²) in [7, 11) is 1.32. The molecule has 0 heterocycles. The maximum atomic E-state index is 11.3. The Hall–Kier alpha value is -2.04. The average Bonchev–Trinajstić information content (AvgIpc) is 2.45. The van der Waals surface area contributed by atoms with Gasteiger partial charge in [-0.05, 0) is 24.1 Å². The molecule has 0 radical (unpaired) electrons. The van der Waals surface area contributed by atoms with Crippen LogP contribution in [0.25, 0.3) is 0 Å². The van der Waals surface area contributed by atoms with Crippen LogP contribution < -0.4 is 0 Å². The van der Waals surface area contributed by atoms with Gasteiger partial charge in [0.1, 0.15) is 4.87 Å². The van der Waals surface area contributed by atoms with Gasteiger partial charge in [-0.2, -0.15) is 10.5 Å². The van der Waals surface area contributed by atoms with E-state index in [0.29, 0.717) is 18.4 Å². The Morgan fingerprint density at radius 3 is 2.47 bits per heavy atom. The number of nitriles is 2. The average molecular weight is 277 g/mol. The van der Waals surface area contributed by atoms with E-state index in [2.05, 4.69) is 4.74 Å². The van der Waals surface area contributed by atoms with E-state index in [1.54, 1.807) is 24.3 Å². The van der Waals surface area contributed by atoms with Crippen molar-refractivity contribution in [3.8, 4) is 12.1 Å². The summed E-state index contributed by atoms with van der Waals surface area (Å²) in [5.74, 6) is -0.409. The number of alkyl halides is 1. The molecule has 1 unspecified atom stereocenters. The SMILES string of the molecule is COC(=O)c1ccc(CC(Cl)(C#N)CCC#N)cc1. The molecular weight excluding hydrogens is 264 g/mol. The fourth-order valence-electron chi connectivity index (χ4n) is 1.64. The number of rotatable bonds is 5. The molecule has 0 saturated carbocycles. The second-order valence-corrected chi connectivity index (χ2v) is 4.82. The molecular formula is C14H13ClN2O2. The summed E-state index contributed by atoms with van der Waals surface area (Å²) in [6.45, 7) is 0. The van der Waals surface area contributed by atoms with Crippen molar-refractivity contribution in [3.05, 3.63) is 35.4 Å². The van der Waals surface area contributed by atoms with E-state index in [-0.39, 0.29) is 6.42 Å². The van der Waals surface area contributed by atoms with Crippen molar-refractivity contribution in [2.24, 2.45) is 0 Å². The molecule has 4 nitrogen and oxygen atoms in total. The van der Waals surface area contributed by atoms with E-state index in [0.717, 1.165) is 5.56 Å². The van der Waals surface area contributed by atoms with Gasteiger partial charge in [-0.25, -0.2) is 4.79 Å². The van der Waals surface area contributed by atoms with Crippen LogP contribution >= 0.6 is 11.6 Å². The smallest absolute Gasteiger partial charge is 0.337 e. The van der Waals surface area contributed by atoms with Gasteiger partial charge in [0.25, 0.3) is 0 Å². The first kappa shape index (κ1) is 15.0. The Balaban J connectivity index is 2.80. The van der Waals surface area contributed by atoms with Crippen LogP contribution in [0.4, 0.5) is 0 Å². The minimum absolute atomic E-state index is 0.233. The summed E-state index contributed by atoms with van der Waals surface area (Å²) in [5.41, 5.74) is 1.28. The van der Waals surface area contributed by atoms with Crippen LogP contribution in [-0.4, -0.2) is 18.0 Å². The molecule has 98 valence electrons. The zero-order valence-corrected chi connectivity index (χ0v) is 11.3. The second-order valence-electron chi connectivity index (χ2n) is 4.10. The Labute approximate surface area is 117 Å². The molecule has 0 aliphatic rings. The molecule has 0 bridgehead atoms. The third-order valence-electron chi connectivity index (χ3n) is 2.69. The maximum absolute atomic E-state index is 11.3. The van der Waals surface area contributed by atoms with Crippen molar-refractivity contribution in [2.45, 2.75) is 24.1 Å². The maximum Gasteiger partial charge on any atom is 0.337 e. The fraction of sp³-hybridized carbons (Fsp3) is 0.357. The normalized spacial score (nSPS) is 12.8. The van der Waals surface area contributed by atoms with E-state index in [1.165, 1.54) is 7.11 Å². The third kappa shape index (κ3) is 4.28. The quantitative estimate of drug-likeness (QED) is 0.612. The molecule has 1 aromatic rings. The lowest BCUT2D eigenvalue weighted by Gasteiger charge is -2.17. The van der Waals surface area contributed by atoms with E-state index < -0.39 is 10.8 Å². The Morgan fingerprint density at radius 2 is 2.00 bits per heavy atom. The molecule has 0 fully saturated rings. The topological polar surface area (TPSA) is 73.9 Å². The van der Waals surface area contributed by atoms with Crippen LogP contribution in [0.1, 0.15) is 28.8 Å². The van der Waals surface area contributed by atoms with Crippen LogP contribution in [0.5, 0.6) is 0 Å². The number of methoxy groups -OCH3 is 1. The molecule has 0 saturated heterocycles. The van der Waals surface area contributed by atoms with Gasteiger partial charge in [-0.1, -0.05) is 12.1 Å². The Kier molecular flexibility index (Phi) is 5.36. The summed E-state index contributed by atoms with van der Waals surface area (Å²) in [6, 6.07) is 10.7. The van der Waals surface area contributed by atoms with Gasteiger partial charge in [-0.3, -0.25) is 0 Å². The molecule has 0 aliphatic heterocycles. The van der Waals surface area contributed by atoms with E-state index in [9.17, 15) is 4.79 Å². The first-order chi connectivity index (χ1) is 9.04. The highest BCUT2D eigenvalue weighted by Gasteiger charge is 2.27. The molecule has 1 atom stereocenters. The number of hydrogen-bond acceptors (Lipinski definition) is 4. The zero-order chi connectivity index (χ0) is 14.3. The fourth-order valence-corrected chi connectivity index (χ4v) is 1.89. The minimum Gasteiger partial charge on any atom is -0.465 e. The van der Waals surface area contributed by atoms with Crippen molar-refractivity contribution >= 4 is 17.6 Å². The summed E-state index contributed by atoms with van der Waals surface area (Å²) in [6.07, 6.45) is 0.867. The summed E-state index contributed by atoms with van der Waals surface area (Å²) < 4.78 is 4.60. The summed E-state index contributed by atoms with van der Waals surface area (Å²) >= 11 is 6.16. The van der Waals surface area contributed by atoms with Crippen molar-refractivity contribution < 1.29 is 9.53 Å². The zero-order valence-electron chi connectivity index (χ0n) is 10.5. The first-order valence-electron chi connectivity index (χ1n) is 5.69. The number of carbonyl (C=O) groups excluding carboxylic acids is 1. The predicted molar refractivity (Wildman–Crippen MR) is 70.5 cm³/mol. The van der Waals surface area contributed by atoms with Gasteiger partial charge in [0.15, 0.2) is 0 Å². The van der Waals surface area contributed by atoms with Crippen LogP contribution in [0.15, 0.2) is 24.3 Å². The predicted octanol–water partition coefficient (Wildman–Crippen LogP) is 2.82. The molecule has 1 rings (SSSR count). The Morgan fingerprint density at radius 1 is 1.37 bits per heavy atom. The van der Waals surface area contributed by atoms with Gasteiger partial charge < -0.3 is 4.74 Å². The number of halogens is 1. The van der Waals surface area contributed by atoms with Gasteiger partial charge in [-0.15, -0.1) is 11.6 Å². The number of hydrogen-bond donors (Lipinski definition) is 0. The lowest BCUT2D eigenvalue weighted by Crippen LogP contribution is -2.22. The minimum atomic E-state index is -1.08. The van der Waals surface area contributed by atoms with Crippen molar-refractivity contribution in [1.29, 1.82) is 10.5 Å². The van der Waals surface area contributed by atoms with Crippen LogP contribution in [0.2, 0.25) is 0 Å². The van der Waals surface area contributed by atoms with Gasteiger partial charge in [0, 0.05) is 12.8 Å². The van der Waals surface area contributed by atoms with Gasteiger partial charge in [0.05, 0.1) is 24.8 Å². The van der Waals surface area contributed by atoms with Crippen molar-refractivity contribution in [1.82, 2.24) is 0 Å². The van der Waals surface area contributed by atoms with Crippen LogP contribution in [-0.2, 0) is 11.2 Å². The highest BCUT2D eigenvalue weighted by molar-refractivity contribution is 6.26. The first-order valence-corrected chi connectivity index (χ1v) is 6.07. The van der Waals surface area contributed by atoms with E-state index in [4.69, 9.17) is 22.1 Å². The second kappa shape index (κ2) is 6.78. The highest BCUT2D eigenvalue weighted by Crippen LogP contribution is 2.26. The lowest BCUT2D eigenvalue weighted by molar-refractivity contribution is 0.0600. The molecule has 5 heteroatoms. The van der Waals surface area contributed by atoms with Gasteiger partial charge in [0.2, 0.25) is 0 Å². The number of nitrogens with zero attached hydrogens (tertiary/aromatic N) is 2. The van der Waals surface area contributed by atoms with Crippen LogP contribution in [0, 0.1) is 22.7 Å².